The van der Waals surface area contributed by atoms with Crippen LogP contribution in [-0.2, 0) is 11.0 Å². The number of H-pyrrole nitrogens is 1. The first-order valence-corrected chi connectivity index (χ1v) is 6.87. The third kappa shape index (κ3) is 4.23. The number of halogens is 4. The molecular formula is C15H10ClF3N2O3. The van der Waals surface area contributed by atoms with Gasteiger partial charge < -0.3 is 9.72 Å². The van der Waals surface area contributed by atoms with Crippen LogP contribution in [0.2, 0.25) is 5.02 Å². The first kappa shape index (κ1) is 17.7. The van der Waals surface area contributed by atoms with E-state index in [2.05, 4.69) is 9.97 Å². The molecule has 1 heterocycles. The number of allylic oxidation sites excluding steroid dienone is 1. The number of carbonyl (C=O) groups excluding carboxylic acids is 1. The molecule has 126 valence electrons. The first-order valence-electron chi connectivity index (χ1n) is 6.49. The molecule has 0 unspecified atom stereocenters. The van der Waals surface area contributed by atoms with E-state index in [0.717, 1.165) is 30.6 Å². The Hall–Kier alpha value is -2.61. The van der Waals surface area contributed by atoms with Crippen molar-refractivity contribution < 1.29 is 22.7 Å². The van der Waals surface area contributed by atoms with Crippen LogP contribution in [0.15, 0.2) is 35.4 Å². The zero-order valence-corrected chi connectivity index (χ0v) is 12.9. The molecule has 0 atom stereocenters. The molecule has 0 saturated carbocycles. The Balaban J connectivity index is 2.47. The summed E-state index contributed by atoms with van der Waals surface area (Å²) < 4.78 is 43.6. The van der Waals surface area contributed by atoms with Gasteiger partial charge in [-0.1, -0.05) is 11.6 Å². The summed E-state index contributed by atoms with van der Waals surface area (Å²) in [5, 5.41) is -0.0911. The molecule has 0 aliphatic rings. The molecule has 0 spiro atoms. The molecule has 5 nitrogen and oxygen atoms in total. The fraction of sp³-hybridized carbons (Fsp3) is 0.133. The molecule has 1 aromatic heterocycles. The maximum Gasteiger partial charge on any atom is 0.416 e. The van der Waals surface area contributed by atoms with E-state index in [-0.39, 0.29) is 28.0 Å². The van der Waals surface area contributed by atoms with Gasteiger partial charge in [0.25, 0.3) is 5.56 Å². The maximum absolute atomic E-state index is 12.8. The van der Waals surface area contributed by atoms with Crippen molar-refractivity contribution in [2.45, 2.75) is 13.1 Å². The second-order valence-corrected chi connectivity index (χ2v) is 5.05. The van der Waals surface area contributed by atoms with Crippen LogP contribution in [0.1, 0.15) is 18.1 Å². The van der Waals surface area contributed by atoms with Gasteiger partial charge >= 0.3 is 6.18 Å². The van der Waals surface area contributed by atoms with Gasteiger partial charge in [0, 0.05) is 0 Å². The van der Waals surface area contributed by atoms with E-state index in [1.807, 2.05) is 0 Å². The van der Waals surface area contributed by atoms with Crippen LogP contribution in [0.25, 0.3) is 6.08 Å². The molecule has 0 bridgehead atoms. The second-order valence-electron chi connectivity index (χ2n) is 4.64. The highest BCUT2D eigenvalue weighted by Crippen LogP contribution is 2.36. The molecule has 0 radical (unpaired) electrons. The van der Waals surface area contributed by atoms with Crippen LogP contribution in [0.3, 0.4) is 0 Å². The summed E-state index contributed by atoms with van der Waals surface area (Å²) in [7, 11) is 0. The van der Waals surface area contributed by atoms with Crippen molar-refractivity contribution >= 4 is 23.5 Å². The van der Waals surface area contributed by atoms with Crippen molar-refractivity contribution in [2.24, 2.45) is 0 Å². The van der Waals surface area contributed by atoms with E-state index in [1.54, 1.807) is 0 Å². The van der Waals surface area contributed by atoms with Gasteiger partial charge in [-0.25, -0.2) is 4.98 Å². The van der Waals surface area contributed by atoms with Crippen molar-refractivity contribution in [3.05, 3.63) is 57.1 Å². The van der Waals surface area contributed by atoms with Crippen molar-refractivity contribution in [2.75, 3.05) is 0 Å². The van der Waals surface area contributed by atoms with Gasteiger partial charge in [0.2, 0.25) is 5.88 Å². The Bertz CT molecular complexity index is 860. The van der Waals surface area contributed by atoms with E-state index in [4.69, 9.17) is 16.3 Å². The summed E-state index contributed by atoms with van der Waals surface area (Å²) in [4.78, 5) is 28.8. The van der Waals surface area contributed by atoms with Gasteiger partial charge in [-0.2, -0.15) is 13.2 Å². The molecule has 2 aromatic rings. The van der Waals surface area contributed by atoms with Crippen LogP contribution in [0.5, 0.6) is 11.6 Å². The second kappa shape index (κ2) is 6.88. The Morgan fingerprint density at radius 1 is 1.38 bits per heavy atom. The van der Waals surface area contributed by atoms with Crippen molar-refractivity contribution in [1.29, 1.82) is 0 Å². The van der Waals surface area contributed by atoms with Gasteiger partial charge in [0.05, 0.1) is 16.9 Å². The molecule has 0 aliphatic carbocycles. The van der Waals surface area contributed by atoms with Crippen molar-refractivity contribution in [3.63, 3.8) is 0 Å². The van der Waals surface area contributed by atoms with E-state index in [9.17, 15) is 22.8 Å². The minimum atomic E-state index is -4.58. The largest absolute Gasteiger partial charge is 0.437 e. The lowest BCUT2D eigenvalue weighted by Crippen LogP contribution is -2.12. The predicted octanol–water partition coefficient (Wildman–Crippen LogP) is 3.84. The number of aromatic amines is 1. The normalized spacial score (nSPS) is 11.7. The third-order valence-electron chi connectivity index (χ3n) is 2.80. The maximum atomic E-state index is 12.8. The quantitative estimate of drug-likeness (QED) is 0.843. The number of rotatable bonds is 4. The first-order chi connectivity index (χ1) is 11.2. The Labute approximate surface area is 138 Å². The van der Waals surface area contributed by atoms with Gasteiger partial charge in [-0.05, 0) is 37.3 Å². The topological polar surface area (TPSA) is 72.0 Å². The molecule has 1 N–H and O–H groups in total. The molecule has 0 fully saturated rings. The summed E-state index contributed by atoms with van der Waals surface area (Å²) in [5.74, 6) is -0.930. The average molecular weight is 359 g/mol. The summed E-state index contributed by atoms with van der Waals surface area (Å²) >= 11 is 5.84. The monoisotopic (exact) mass is 358 g/mol. The minimum Gasteiger partial charge on any atom is -0.437 e. The zero-order chi connectivity index (χ0) is 17.9. The summed E-state index contributed by atoms with van der Waals surface area (Å²) in [6.07, 6.45) is -1.30. The van der Waals surface area contributed by atoms with Crippen molar-refractivity contribution in [1.82, 2.24) is 9.97 Å². The van der Waals surface area contributed by atoms with E-state index in [1.165, 1.54) is 6.92 Å². The Morgan fingerprint density at radius 3 is 2.71 bits per heavy atom. The summed E-state index contributed by atoms with van der Waals surface area (Å²) in [6.45, 7) is 1.27. The van der Waals surface area contributed by atoms with Crippen LogP contribution in [0.4, 0.5) is 13.2 Å². The molecular weight excluding hydrogens is 349 g/mol. The van der Waals surface area contributed by atoms with Crippen molar-refractivity contribution in [3.8, 4) is 11.6 Å². The number of nitrogens with zero attached hydrogens (tertiary/aromatic N) is 1. The lowest BCUT2D eigenvalue weighted by Gasteiger charge is -2.12. The van der Waals surface area contributed by atoms with Gasteiger partial charge in [0.1, 0.15) is 11.3 Å². The molecule has 9 heteroatoms. The van der Waals surface area contributed by atoms with Crippen LogP contribution in [0, 0.1) is 0 Å². The van der Waals surface area contributed by atoms with E-state index >= 15 is 0 Å². The Morgan fingerprint density at radius 2 is 2.08 bits per heavy atom. The molecule has 0 amide bonds. The molecule has 2 rings (SSSR count). The highest BCUT2D eigenvalue weighted by molar-refractivity contribution is 6.32. The van der Waals surface area contributed by atoms with Crippen LogP contribution in [-0.4, -0.2) is 15.8 Å². The molecule has 1 aromatic carbocycles. The van der Waals surface area contributed by atoms with Crippen LogP contribution >= 0.6 is 11.6 Å². The minimum absolute atomic E-state index is 0.0911. The lowest BCUT2D eigenvalue weighted by molar-refractivity contribution is -0.137. The highest BCUT2D eigenvalue weighted by atomic mass is 35.5. The zero-order valence-electron chi connectivity index (χ0n) is 12.1. The molecule has 0 aliphatic heterocycles. The SMILES string of the molecule is CC(=O)/C=C/c1c(Oc2cc(C(F)(F)F)ccc2Cl)nc[nH]c1=O. The number of alkyl halides is 3. The van der Waals surface area contributed by atoms with Gasteiger partial charge in [0.15, 0.2) is 5.78 Å². The fourth-order valence-corrected chi connectivity index (χ4v) is 1.84. The van der Waals surface area contributed by atoms with E-state index in [0.29, 0.717) is 6.07 Å². The summed E-state index contributed by atoms with van der Waals surface area (Å²) in [6, 6.07) is 2.53. The number of hydrogen-bond acceptors (Lipinski definition) is 4. The fourth-order valence-electron chi connectivity index (χ4n) is 1.68. The number of benzene rings is 1. The molecule has 24 heavy (non-hydrogen) atoms. The third-order valence-corrected chi connectivity index (χ3v) is 3.11. The summed E-state index contributed by atoms with van der Waals surface area (Å²) in [5.41, 5.74) is -1.71. The van der Waals surface area contributed by atoms with Gasteiger partial charge in [-0.3, -0.25) is 9.59 Å². The highest BCUT2D eigenvalue weighted by Gasteiger charge is 2.31. The number of carbonyl (C=O) groups is 1. The number of ether oxygens (including phenoxy) is 1. The van der Waals surface area contributed by atoms with E-state index < -0.39 is 17.3 Å². The predicted molar refractivity (Wildman–Crippen MR) is 81.1 cm³/mol. The average Bonchev–Trinajstić information content (AvgIpc) is 2.47. The standard InChI is InChI=1S/C15H10ClF3N2O3/c1-8(22)2-4-10-13(23)20-7-21-14(10)24-12-6-9(15(17,18)19)3-5-11(12)16/h2-7H,1H3,(H,20,21,23)/b4-2+. The smallest absolute Gasteiger partial charge is 0.416 e. The molecule has 0 saturated heterocycles. The lowest BCUT2D eigenvalue weighted by atomic mass is 10.2. The van der Waals surface area contributed by atoms with Gasteiger partial charge in [-0.15, -0.1) is 0 Å². The number of aromatic nitrogens is 2. The number of hydrogen-bond donors (Lipinski definition) is 1. The number of ketones is 1. The Kier molecular flexibility index (Phi) is 5.08. The number of nitrogens with one attached hydrogen (secondary N) is 1. The van der Waals surface area contributed by atoms with Crippen LogP contribution < -0.4 is 10.3 Å².